The van der Waals surface area contributed by atoms with Crippen LogP contribution >= 0.6 is 12.4 Å². The van der Waals surface area contributed by atoms with Crippen LogP contribution in [0.4, 0.5) is 0 Å². The summed E-state index contributed by atoms with van der Waals surface area (Å²) in [5.74, 6) is 0. The number of aliphatic imine (C=N–C) groups is 4. The van der Waals surface area contributed by atoms with Crippen LogP contribution < -0.4 is 0 Å². The molecule has 0 N–H and O–H groups in total. The summed E-state index contributed by atoms with van der Waals surface area (Å²) in [6.45, 7) is 0. The van der Waals surface area contributed by atoms with Gasteiger partial charge in [-0.1, -0.05) is 0 Å². The minimum absolute atomic E-state index is 0. The SMILES string of the molecule is Cl.[2H]C1=CC2=CC3=NC(=CC4=NC(=CC5=NC(=CC1=N2)C=C5)C=C4)C=C3.[GaH3]. The maximum absolute atomic E-state index is 8.11. The summed E-state index contributed by atoms with van der Waals surface area (Å²) in [6, 6.07) is 0.379. The van der Waals surface area contributed by atoms with Crippen molar-refractivity contribution in [2.45, 2.75) is 0 Å². The molecule has 5 aliphatic rings. The fourth-order valence-electron chi connectivity index (χ4n) is 2.76. The van der Waals surface area contributed by atoms with Crippen molar-refractivity contribution in [3.05, 3.63) is 95.7 Å². The fraction of sp³-hybridized carbons (Fsp3) is 0. The molecular weight excluding hydrogens is 401 g/mol. The first kappa shape index (κ1) is 17.0. The monoisotopic (exact) mass is 417 g/mol. The molecule has 0 unspecified atom stereocenters. The van der Waals surface area contributed by atoms with Crippen molar-refractivity contribution in [1.82, 2.24) is 0 Å². The van der Waals surface area contributed by atoms with Crippen molar-refractivity contribution in [3.8, 4) is 0 Å². The zero-order valence-corrected chi connectivity index (χ0v) is 13.9. The summed E-state index contributed by atoms with van der Waals surface area (Å²) in [4.78, 5) is 18.2. The number of halogens is 1. The number of hydrogen-bond acceptors (Lipinski definition) is 4. The Balaban J connectivity index is 0.00000105. The zero-order chi connectivity index (χ0) is 16.8. The van der Waals surface area contributed by atoms with E-state index in [1.54, 1.807) is 6.08 Å². The molecule has 26 heavy (non-hydrogen) atoms. The molecule has 0 amide bonds. The normalized spacial score (nSPS) is 21.8. The Kier molecular flexibility index (Phi) is 4.84. The number of rotatable bonds is 0. The number of allylic oxidation sites excluding steroid dienone is 12. The Morgan fingerprint density at radius 3 is 1.31 bits per heavy atom. The first-order chi connectivity index (χ1) is 12.2. The van der Waals surface area contributed by atoms with Gasteiger partial charge in [-0.3, -0.25) is 0 Å². The summed E-state index contributed by atoms with van der Waals surface area (Å²) < 4.78 is 8.11. The summed E-state index contributed by atoms with van der Waals surface area (Å²) in [7, 11) is 0. The zero-order valence-electron chi connectivity index (χ0n) is 14.0. The number of fused-ring (bicyclic) bond motifs is 4. The van der Waals surface area contributed by atoms with Gasteiger partial charge in [0.25, 0.3) is 0 Å². The van der Waals surface area contributed by atoms with Crippen molar-refractivity contribution in [1.29, 1.82) is 0 Å². The van der Waals surface area contributed by atoms with Crippen molar-refractivity contribution in [2.75, 3.05) is 0 Å². The quantitative estimate of drug-likeness (QED) is 0.544. The van der Waals surface area contributed by atoms with Gasteiger partial charge in [0, 0.05) is 0 Å². The second-order valence-electron chi connectivity index (χ2n) is 5.67. The standard InChI is InChI=1S/C20H12N4.ClH.Ga.3H/c1-2-14-10-16-5-6-18(23-16)12-20-8-7-19(24-20)11-17-4-3-15(22-17)9-13(1)21-14;;;;;/h1-12H;1H;;;;/i1D;;;;;. The van der Waals surface area contributed by atoms with Crippen molar-refractivity contribution >= 4 is 55.0 Å². The molecule has 0 saturated carbocycles. The van der Waals surface area contributed by atoms with Gasteiger partial charge in [-0.25, -0.2) is 20.0 Å². The molecule has 0 fully saturated rings. The summed E-state index contributed by atoms with van der Waals surface area (Å²) >= 11 is 0. The molecule has 126 valence electrons. The first-order valence-corrected chi connectivity index (χ1v) is 7.66. The van der Waals surface area contributed by atoms with E-state index in [1.807, 2.05) is 60.8 Å². The van der Waals surface area contributed by atoms with Gasteiger partial charge < -0.3 is 0 Å². The molecule has 4 nitrogen and oxygen atoms in total. The molecule has 0 aliphatic carbocycles. The predicted octanol–water partition coefficient (Wildman–Crippen LogP) is 2.82. The molecule has 0 saturated heterocycles. The molecule has 6 heteroatoms. The van der Waals surface area contributed by atoms with Crippen molar-refractivity contribution in [3.63, 3.8) is 0 Å². The molecule has 5 aliphatic heterocycles. The molecule has 0 radical (unpaired) electrons. The molecule has 0 aromatic carbocycles. The predicted molar refractivity (Wildman–Crippen MR) is 116 cm³/mol. The van der Waals surface area contributed by atoms with Crippen LogP contribution in [0.3, 0.4) is 0 Å². The molecule has 5 heterocycles. The van der Waals surface area contributed by atoms with E-state index < -0.39 is 0 Å². The van der Waals surface area contributed by atoms with Crippen LogP contribution in [0, 0.1) is 0 Å². The Labute approximate surface area is 171 Å². The summed E-state index contributed by atoms with van der Waals surface area (Å²) in [6.07, 6.45) is 21.0. The van der Waals surface area contributed by atoms with Gasteiger partial charge in [0.1, 0.15) is 0 Å². The van der Waals surface area contributed by atoms with E-state index in [9.17, 15) is 0 Å². The molecule has 0 aromatic heterocycles. The van der Waals surface area contributed by atoms with Gasteiger partial charge in [0.05, 0.1) is 47.0 Å². The van der Waals surface area contributed by atoms with Crippen LogP contribution in [-0.2, 0) is 0 Å². The van der Waals surface area contributed by atoms with Crippen LogP contribution in [0.15, 0.2) is 116 Å². The fourth-order valence-corrected chi connectivity index (χ4v) is 2.76. The summed E-state index contributed by atoms with van der Waals surface area (Å²) in [5, 5.41) is 0. The Morgan fingerprint density at radius 2 is 0.846 bits per heavy atom. The molecule has 5 rings (SSSR count). The third kappa shape index (κ3) is 3.70. The molecular formula is C20H16ClGaN4. The second-order valence-corrected chi connectivity index (χ2v) is 5.67. The second kappa shape index (κ2) is 7.41. The van der Waals surface area contributed by atoms with Gasteiger partial charge in [-0.2, -0.15) is 0 Å². The van der Waals surface area contributed by atoms with Gasteiger partial charge in [0.2, 0.25) is 0 Å². The van der Waals surface area contributed by atoms with E-state index in [-0.39, 0.29) is 32.2 Å². The molecule has 0 spiro atoms. The van der Waals surface area contributed by atoms with Gasteiger partial charge in [0.15, 0.2) is 0 Å². The van der Waals surface area contributed by atoms with Gasteiger partial charge in [-0.05, 0) is 72.9 Å². The molecule has 0 aromatic rings. The summed E-state index contributed by atoms with van der Waals surface area (Å²) in [5.41, 5.74) is 6.33. The van der Waals surface area contributed by atoms with Gasteiger partial charge in [-0.15, -0.1) is 12.4 Å². The van der Waals surface area contributed by atoms with Crippen molar-refractivity contribution < 1.29 is 1.37 Å². The van der Waals surface area contributed by atoms with Crippen molar-refractivity contribution in [2.24, 2.45) is 20.0 Å². The third-order valence-corrected chi connectivity index (χ3v) is 3.84. The topological polar surface area (TPSA) is 49.4 Å². The Bertz CT molecular complexity index is 1090. The Morgan fingerprint density at radius 1 is 0.500 bits per heavy atom. The van der Waals surface area contributed by atoms with E-state index in [0.717, 1.165) is 39.9 Å². The van der Waals surface area contributed by atoms with E-state index >= 15 is 0 Å². The van der Waals surface area contributed by atoms with Crippen LogP contribution in [0.25, 0.3) is 0 Å². The maximum atomic E-state index is 8.11. The van der Waals surface area contributed by atoms with Crippen LogP contribution in [0.2, 0.25) is 0 Å². The molecule has 0 atom stereocenters. The van der Waals surface area contributed by atoms with E-state index in [0.29, 0.717) is 11.8 Å². The average molecular weight is 419 g/mol. The number of nitrogens with zero attached hydrogens (tertiary/aromatic N) is 4. The number of hydrogen-bond donors (Lipinski definition) is 0. The molecule has 8 bridgehead atoms. The minimum atomic E-state index is 0. The van der Waals surface area contributed by atoms with E-state index in [1.165, 1.54) is 0 Å². The van der Waals surface area contributed by atoms with Gasteiger partial charge >= 0.3 is 19.8 Å². The van der Waals surface area contributed by atoms with E-state index in [2.05, 4.69) is 20.0 Å². The van der Waals surface area contributed by atoms with Crippen LogP contribution in [-0.4, -0.2) is 42.6 Å². The Hall–Kier alpha value is -2.47. The van der Waals surface area contributed by atoms with Crippen LogP contribution in [0.5, 0.6) is 0 Å². The van der Waals surface area contributed by atoms with E-state index in [4.69, 9.17) is 1.37 Å². The third-order valence-electron chi connectivity index (χ3n) is 3.84. The average Bonchev–Trinajstić information content (AvgIpc) is 3.33. The van der Waals surface area contributed by atoms with Crippen LogP contribution in [0.1, 0.15) is 1.37 Å². The first-order valence-electron chi connectivity index (χ1n) is 8.16.